The van der Waals surface area contributed by atoms with Gasteiger partial charge in [0.25, 0.3) is 0 Å². The minimum absolute atomic E-state index is 0.0743. The molecule has 0 aromatic heterocycles. The number of aliphatic hydroxyl groups excluding tert-OH is 1. The quantitative estimate of drug-likeness (QED) is 0.0243. The van der Waals surface area contributed by atoms with Crippen LogP contribution in [0.3, 0.4) is 0 Å². The van der Waals surface area contributed by atoms with Crippen molar-refractivity contribution in [1.82, 2.24) is 5.32 Å². The molecule has 0 radical (unpaired) electrons. The third-order valence-electron chi connectivity index (χ3n) is 13.8. The van der Waals surface area contributed by atoms with Crippen molar-refractivity contribution in [1.29, 1.82) is 0 Å². The first-order chi connectivity index (χ1) is 35.0. The van der Waals surface area contributed by atoms with E-state index < -0.39 is 20.0 Å². The van der Waals surface area contributed by atoms with Crippen LogP contribution in [-0.4, -0.2) is 73.4 Å². The van der Waals surface area contributed by atoms with E-state index in [2.05, 4.69) is 79.9 Å². The molecule has 0 aromatic carbocycles. The molecule has 1 amide bonds. The molecule has 0 fully saturated rings. The number of unbranched alkanes of at least 4 members (excludes halogenated alkanes) is 33. The van der Waals surface area contributed by atoms with E-state index in [1.165, 1.54) is 186 Å². The fraction of sp³-hybridized carbons (Fsp3) is 0.825. The van der Waals surface area contributed by atoms with Crippen LogP contribution >= 0.6 is 7.82 Å². The van der Waals surface area contributed by atoms with Crippen molar-refractivity contribution in [3.63, 3.8) is 0 Å². The molecule has 0 aromatic rings. The smallest absolute Gasteiger partial charge is 0.391 e. The second-order valence-electron chi connectivity index (χ2n) is 22.1. The van der Waals surface area contributed by atoms with E-state index in [0.717, 1.165) is 70.6 Å². The third-order valence-corrected chi connectivity index (χ3v) is 14.8. The lowest BCUT2D eigenvalue weighted by molar-refractivity contribution is -0.870. The molecule has 0 bridgehead atoms. The Morgan fingerprint density at radius 1 is 0.486 bits per heavy atom. The number of likely N-dealkylation sites (N-methyl/N-ethyl adjacent to an activating group) is 1. The molecule has 422 valence electrons. The van der Waals surface area contributed by atoms with E-state index in [0.29, 0.717) is 23.9 Å². The van der Waals surface area contributed by atoms with Gasteiger partial charge >= 0.3 is 7.82 Å². The molecule has 0 rings (SSSR count). The number of rotatable bonds is 56. The molecule has 0 aliphatic heterocycles. The monoisotopic (exact) mass is 1030 g/mol. The molecule has 0 saturated carbocycles. The summed E-state index contributed by atoms with van der Waals surface area (Å²) >= 11 is 0. The zero-order valence-electron chi connectivity index (χ0n) is 48.2. The minimum Gasteiger partial charge on any atom is -0.391 e. The molecule has 3 N–H and O–H groups in total. The number of nitrogens with zero attached hydrogens (tertiary/aromatic N) is 1. The summed E-state index contributed by atoms with van der Waals surface area (Å²) in [7, 11) is 1.62. The fourth-order valence-corrected chi connectivity index (χ4v) is 9.75. The maximum atomic E-state index is 13.0. The van der Waals surface area contributed by atoms with Gasteiger partial charge in [0.05, 0.1) is 39.9 Å². The number of aliphatic hydroxyl groups is 1. The fourth-order valence-electron chi connectivity index (χ4n) is 9.02. The highest BCUT2D eigenvalue weighted by Gasteiger charge is 2.28. The SMILES string of the molecule is CC/C=C\C/C=C\C/C=C\C/C=C\C/C=C\CCCCCCCCCCCCCCCCCC(=O)NC(COP(=O)(O)OCC[N+](C)(C)C)C(O)CCCCCCCCCCCCCCCCCCCCC. The lowest BCUT2D eigenvalue weighted by Gasteiger charge is -2.26. The first-order valence-electron chi connectivity index (χ1n) is 30.7. The van der Waals surface area contributed by atoms with Crippen molar-refractivity contribution in [2.45, 2.75) is 296 Å². The average molecular weight is 1030 g/mol. The van der Waals surface area contributed by atoms with E-state index in [1.54, 1.807) is 0 Å². The van der Waals surface area contributed by atoms with Crippen molar-refractivity contribution in [2.24, 2.45) is 0 Å². The van der Waals surface area contributed by atoms with Gasteiger partial charge in [-0.25, -0.2) is 4.57 Å². The summed E-state index contributed by atoms with van der Waals surface area (Å²) in [5.41, 5.74) is 0. The highest BCUT2D eigenvalue weighted by molar-refractivity contribution is 7.47. The lowest BCUT2D eigenvalue weighted by atomic mass is 10.0. The number of allylic oxidation sites excluding steroid dienone is 10. The van der Waals surface area contributed by atoms with Crippen LogP contribution in [0.1, 0.15) is 284 Å². The third kappa shape index (κ3) is 55.9. The lowest BCUT2D eigenvalue weighted by Crippen LogP contribution is -2.46. The van der Waals surface area contributed by atoms with Gasteiger partial charge in [0, 0.05) is 6.42 Å². The van der Waals surface area contributed by atoms with Crippen molar-refractivity contribution >= 4 is 13.7 Å². The summed E-state index contributed by atoms with van der Waals surface area (Å²) in [5, 5.41) is 14.1. The molecular weight excluding hydrogens is 912 g/mol. The van der Waals surface area contributed by atoms with Gasteiger partial charge in [0.2, 0.25) is 5.91 Å². The molecule has 0 heterocycles. The van der Waals surface area contributed by atoms with E-state index in [4.69, 9.17) is 9.05 Å². The van der Waals surface area contributed by atoms with Crippen LogP contribution in [-0.2, 0) is 18.4 Å². The van der Waals surface area contributed by atoms with Crippen LogP contribution < -0.4 is 5.32 Å². The Balaban J connectivity index is 4.08. The molecule has 3 atom stereocenters. The Morgan fingerprint density at radius 2 is 0.833 bits per heavy atom. The zero-order valence-corrected chi connectivity index (χ0v) is 49.1. The second-order valence-corrected chi connectivity index (χ2v) is 23.5. The van der Waals surface area contributed by atoms with Crippen molar-refractivity contribution in [3.8, 4) is 0 Å². The van der Waals surface area contributed by atoms with Gasteiger partial charge in [-0.1, -0.05) is 280 Å². The number of nitrogens with one attached hydrogen (secondary N) is 1. The first-order valence-corrected chi connectivity index (χ1v) is 32.1. The van der Waals surface area contributed by atoms with Gasteiger partial charge in [-0.15, -0.1) is 0 Å². The Bertz CT molecular complexity index is 1360. The van der Waals surface area contributed by atoms with Gasteiger partial charge in [-0.05, 0) is 57.8 Å². The summed E-state index contributed by atoms with van der Waals surface area (Å²) in [6, 6.07) is -0.763. The molecule has 3 unspecified atom stereocenters. The molecular formula is C63H120N2O6P+. The standard InChI is InChI=1S/C63H119N2O6P/c1-6-8-10-12-14-16-18-20-22-24-26-27-28-29-30-31-32-33-34-35-36-37-39-41-43-45-47-49-51-53-55-57-63(67)64-61(60-71-72(68,69)70-59-58-65(3,4)5)62(66)56-54-52-50-48-46-44-42-40-38-25-23-21-19-17-15-13-11-9-7-2/h8,10,14,16,20,22,26-27,29-30,61-62,66H,6-7,9,11-13,15,17-19,21,23-25,28,31-60H2,1-5H3,(H-,64,67,68,69)/p+1/b10-8-,16-14-,22-20-,27-26-,30-29-. The normalized spacial score (nSPS) is 14.3. The Labute approximate surface area is 447 Å². The molecule has 8 nitrogen and oxygen atoms in total. The van der Waals surface area contributed by atoms with Gasteiger partial charge in [0.1, 0.15) is 13.2 Å². The summed E-state index contributed by atoms with van der Waals surface area (Å²) < 4.78 is 23.8. The number of hydrogen-bond acceptors (Lipinski definition) is 5. The van der Waals surface area contributed by atoms with E-state index in [-0.39, 0.29) is 19.1 Å². The maximum absolute atomic E-state index is 13.0. The number of hydrogen-bond donors (Lipinski definition) is 3. The molecule has 0 spiro atoms. The Morgan fingerprint density at radius 3 is 1.22 bits per heavy atom. The van der Waals surface area contributed by atoms with Crippen LogP contribution in [0.5, 0.6) is 0 Å². The van der Waals surface area contributed by atoms with E-state index in [1.807, 2.05) is 21.1 Å². The van der Waals surface area contributed by atoms with Crippen LogP contribution in [0, 0.1) is 0 Å². The van der Waals surface area contributed by atoms with Crippen LogP contribution in [0.15, 0.2) is 60.8 Å². The number of phosphoric acid groups is 1. The highest BCUT2D eigenvalue weighted by atomic mass is 31.2. The largest absolute Gasteiger partial charge is 0.472 e. The summed E-state index contributed by atoms with van der Waals surface area (Å²) in [6.45, 7) is 4.81. The topological polar surface area (TPSA) is 105 Å². The summed E-state index contributed by atoms with van der Waals surface area (Å²) in [5.74, 6) is -0.143. The summed E-state index contributed by atoms with van der Waals surface area (Å²) in [6.07, 6.45) is 72.8. The predicted molar refractivity (Wildman–Crippen MR) is 314 cm³/mol. The molecule has 0 saturated heterocycles. The minimum atomic E-state index is -4.33. The first kappa shape index (κ1) is 70.2. The van der Waals surface area contributed by atoms with Gasteiger partial charge in [0.15, 0.2) is 0 Å². The van der Waals surface area contributed by atoms with Gasteiger partial charge in [-0.2, -0.15) is 0 Å². The van der Waals surface area contributed by atoms with Gasteiger partial charge in [-0.3, -0.25) is 13.8 Å². The number of amides is 1. The van der Waals surface area contributed by atoms with Crippen molar-refractivity contribution in [2.75, 3.05) is 40.9 Å². The van der Waals surface area contributed by atoms with E-state index in [9.17, 15) is 19.4 Å². The van der Waals surface area contributed by atoms with E-state index >= 15 is 0 Å². The predicted octanol–water partition coefficient (Wildman–Crippen LogP) is 18.9. The maximum Gasteiger partial charge on any atom is 0.472 e. The Kier molecular flexibility index (Phi) is 52.7. The number of quaternary nitrogens is 1. The number of carbonyl (C=O) groups is 1. The second kappa shape index (κ2) is 54.0. The molecule has 0 aliphatic rings. The Hall–Kier alpha value is -1.80. The molecule has 72 heavy (non-hydrogen) atoms. The summed E-state index contributed by atoms with van der Waals surface area (Å²) in [4.78, 5) is 23.4. The molecule has 9 heteroatoms. The van der Waals surface area contributed by atoms with Crippen LogP contribution in [0.25, 0.3) is 0 Å². The molecule has 0 aliphatic carbocycles. The number of phosphoric ester groups is 1. The highest BCUT2D eigenvalue weighted by Crippen LogP contribution is 2.43. The van der Waals surface area contributed by atoms with Crippen molar-refractivity contribution in [3.05, 3.63) is 60.8 Å². The van der Waals surface area contributed by atoms with Crippen molar-refractivity contribution < 1.29 is 32.9 Å². The van der Waals surface area contributed by atoms with Crippen LogP contribution in [0.4, 0.5) is 0 Å². The number of carbonyl (C=O) groups excluding carboxylic acids is 1. The zero-order chi connectivity index (χ0) is 52.7. The van der Waals surface area contributed by atoms with Gasteiger partial charge < -0.3 is 19.8 Å². The average Bonchev–Trinajstić information content (AvgIpc) is 3.34. The van der Waals surface area contributed by atoms with Crippen LogP contribution in [0.2, 0.25) is 0 Å².